The Morgan fingerprint density at radius 2 is 2.09 bits per heavy atom. The summed E-state index contributed by atoms with van der Waals surface area (Å²) in [6, 6.07) is 5.89. The van der Waals surface area contributed by atoms with Gasteiger partial charge in [-0.1, -0.05) is 12.6 Å². The predicted octanol–water partition coefficient (Wildman–Crippen LogP) is 2.34. The Bertz CT molecular complexity index is 264. The minimum atomic E-state index is 0.858. The van der Waals surface area contributed by atoms with E-state index in [1.54, 1.807) is 7.11 Å². The van der Waals surface area contributed by atoms with E-state index in [1.165, 1.54) is 0 Å². The van der Waals surface area contributed by atoms with E-state index in [0.717, 1.165) is 16.9 Å². The number of ether oxygens (including phenoxy) is 1. The van der Waals surface area contributed by atoms with E-state index < -0.39 is 0 Å². The van der Waals surface area contributed by atoms with Crippen LogP contribution in [0.3, 0.4) is 0 Å². The van der Waals surface area contributed by atoms with Crippen LogP contribution in [0.5, 0.6) is 5.75 Å². The fraction of sp³-hybridized carbons (Fsp3) is 0.200. The lowest BCUT2D eigenvalue weighted by Crippen LogP contribution is -1.85. The molecule has 0 saturated carbocycles. The average molecular weight is 147 g/mol. The zero-order valence-electron chi connectivity index (χ0n) is 6.85. The number of hydrogen-bond donors (Lipinski definition) is 0. The highest BCUT2D eigenvalue weighted by atomic mass is 16.5. The van der Waals surface area contributed by atoms with Gasteiger partial charge >= 0.3 is 0 Å². The standard InChI is InChI=1S/C10H11O/c1-4-9-5-8(2)6-10(7-9)11-3/h5-7H,1H2,2-3H3. The Balaban J connectivity index is 3.11. The van der Waals surface area contributed by atoms with Crippen LogP contribution in [0, 0.1) is 13.0 Å². The van der Waals surface area contributed by atoms with Gasteiger partial charge in [-0.05, 0) is 36.3 Å². The molecular weight excluding hydrogens is 136 g/mol. The topological polar surface area (TPSA) is 9.23 Å². The van der Waals surface area contributed by atoms with Crippen LogP contribution in [0.25, 0.3) is 0 Å². The van der Waals surface area contributed by atoms with Crippen molar-refractivity contribution in [3.05, 3.63) is 42.0 Å². The van der Waals surface area contributed by atoms with Gasteiger partial charge in [0.05, 0.1) is 7.11 Å². The van der Waals surface area contributed by atoms with E-state index in [9.17, 15) is 0 Å². The molecule has 1 radical (unpaired) electrons. The maximum atomic E-state index is 5.07. The van der Waals surface area contributed by atoms with Crippen LogP contribution in [0.4, 0.5) is 0 Å². The van der Waals surface area contributed by atoms with Gasteiger partial charge in [0.2, 0.25) is 0 Å². The molecular formula is C10H11O. The molecule has 0 aliphatic rings. The molecule has 11 heavy (non-hydrogen) atoms. The highest BCUT2D eigenvalue weighted by Gasteiger charge is 1.94. The number of benzene rings is 1. The van der Waals surface area contributed by atoms with E-state index in [4.69, 9.17) is 4.74 Å². The quantitative estimate of drug-likeness (QED) is 0.624. The lowest BCUT2D eigenvalue weighted by atomic mass is 10.1. The summed E-state index contributed by atoms with van der Waals surface area (Å²) in [5, 5.41) is 0. The van der Waals surface area contributed by atoms with Gasteiger partial charge < -0.3 is 4.74 Å². The van der Waals surface area contributed by atoms with E-state index in [-0.39, 0.29) is 0 Å². The van der Waals surface area contributed by atoms with Crippen molar-refractivity contribution in [2.75, 3.05) is 7.11 Å². The second kappa shape index (κ2) is 3.24. The Kier molecular flexibility index (Phi) is 2.32. The fourth-order valence-electron chi connectivity index (χ4n) is 0.968. The van der Waals surface area contributed by atoms with Crippen LogP contribution >= 0.6 is 0 Å². The zero-order chi connectivity index (χ0) is 8.27. The first-order chi connectivity index (χ1) is 5.26. The van der Waals surface area contributed by atoms with Crippen LogP contribution in [-0.4, -0.2) is 7.11 Å². The van der Waals surface area contributed by atoms with Gasteiger partial charge in [-0.25, -0.2) is 0 Å². The van der Waals surface area contributed by atoms with Crippen LogP contribution < -0.4 is 4.74 Å². The highest BCUT2D eigenvalue weighted by molar-refractivity contribution is 5.36. The summed E-state index contributed by atoms with van der Waals surface area (Å²) in [6.45, 7) is 5.58. The molecule has 57 valence electrons. The van der Waals surface area contributed by atoms with Gasteiger partial charge in [-0.2, -0.15) is 0 Å². The smallest absolute Gasteiger partial charge is 0.119 e. The number of hydrogen-bond acceptors (Lipinski definition) is 1. The molecule has 0 fully saturated rings. The molecule has 0 aliphatic carbocycles. The third-order valence-electron chi connectivity index (χ3n) is 1.49. The van der Waals surface area contributed by atoms with Crippen molar-refractivity contribution in [1.82, 2.24) is 0 Å². The van der Waals surface area contributed by atoms with Crippen molar-refractivity contribution in [3.63, 3.8) is 0 Å². The first-order valence-electron chi connectivity index (χ1n) is 3.45. The molecule has 0 spiro atoms. The van der Waals surface area contributed by atoms with E-state index in [0.29, 0.717) is 0 Å². The van der Waals surface area contributed by atoms with E-state index in [1.807, 2.05) is 25.1 Å². The molecule has 1 heteroatoms. The van der Waals surface area contributed by atoms with Crippen LogP contribution in [0.1, 0.15) is 11.1 Å². The summed E-state index contributed by atoms with van der Waals surface area (Å²) in [5.74, 6) is 0.858. The summed E-state index contributed by atoms with van der Waals surface area (Å²) in [7, 11) is 1.65. The Morgan fingerprint density at radius 1 is 1.36 bits per heavy atom. The number of aryl methyl sites for hydroxylation is 1. The maximum Gasteiger partial charge on any atom is 0.119 e. The molecule has 1 aromatic rings. The zero-order valence-corrected chi connectivity index (χ0v) is 6.85. The number of methoxy groups -OCH3 is 1. The lowest BCUT2D eigenvalue weighted by Gasteiger charge is -2.02. The van der Waals surface area contributed by atoms with Crippen LogP contribution in [0.2, 0.25) is 0 Å². The molecule has 0 aliphatic heterocycles. The Morgan fingerprint density at radius 3 is 2.64 bits per heavy atom. The molecule has 1 nitrogen and oxygen atoms in total. The second-order valence-corrected chi connectivity index (χ2v) is 2.42. The van der Waals surface area contributed by atoms with Gasteiger partial charge in [-0.15, -0.1) is 0 Å². The lowest BCUT2D eigenvalue weighted by molar-refractivity contribution is 0.414. The molecule has 0 unspecified atom stereocenters. The van der Waals surface area contributed by atoms with E-state index >= 15 is 0 Å². The van der Waals surface area contributed by atoms with Gasteiger partial charge in [0.1, 0.15) is 5.75 Å². The van der Waals surface area contributed by atoms with Gasteiger partial charge in [0, 0.05) is 0 Å². The largest absolute Gasteiger partial charge is 0.497 e. The first-order valence-corrected chi connectivity index (χ1v) is 3.45. The Labute approximate surface area is 67.3 Å². The van der Waals surface area contributed by atoms with Crippen LogP contribution in [0.15, 0.2) is 24.8 Å². The van der Waals surface area contributed by atoms with Gasteiger partial charge in [-0.3, -0.25) is 0 Å². The average Bonchev–Trinajstić information content (AvgIpc) is 2.03. The monoisotopic (exact) mass is 147 g/mol. The van der Waals surface area contributed by atoms with Crippen molar-refractivity contribution in [2.45, 2.75) is 6.92 Å². The molecule has 0 bridgehead atoms. The fourth-order valence-corrected chi connectivity index (χ4v) is 0.968. The van der Waals surface area contributed by atoms with Gasteiger partial charge in [0.15, 0.2) is 0 Å². The molecule has 0 atom stereocenters. The summed E-state index contributed by atoms with van der Waals surface area (Å²) in [5.41, 5.74) is 2.14. The normalized spacial score (nSPS) is 9.27. The minimum absolute atomic E-state index is 0.858. The second-order valence-electron chi connectivity index (χ2n) is 2.42. The van der Waals surface area contributed by atoms with Crippen molar-refractivity contribution >= 4 is 0 Å². The molecule has 0 aromatic heterocycles. The third-order valence-corrected chi connectivity index (χ3v) is 1.49. The van der Waals surface area contributed by atoms with Crippen molar-refractivity contribution in [2.24, 2.45) is 0 Å². The van der Waals surface area contributed by atoms with Crippen molar-refractivity contribution in [3.8, 4) is 5.75 Å². The summed E-state index contributed by atoms with van der Waals surface area (Å²) >= 11 is 0. The summed E-state index contributed by atoms with van der Waals surface area (Å²) in [6.07, 6.45) is 2.81. The molecule has 0 amide bonds. The predicted molar refractivity (Wildman–Crippen MR) is 45.7 cm³/mol. The third kappa shape index (κ3) is 1.84. The maximum absolute atomic E-state index is 5.07. The molecule has 1 aromatic carbocycles. The molecule has 0 N–H and O–H groups in total. The Hall–Kier alpha value is -1.24. The van der Waals surface area contributed by atoms with Crippen LogP contribution in [-0.2, 0) is 0 Å². The summed E-state index contributed by atoms with van der Waals surface area (Å²) in [4.78, 5) is 0. The number of rotatable bonds is 2. The first kappa shape index (κ1) is 7.86. The van der Waals surface area contributed by atoms with E-state index in [2.05, 4.69) is 12.7 Å². The summed E-state index contributed by atoms with van der Waals surface area (Å²) < 4.78 is 5.07. The van der Waals surface area contributed by atoms with Crippen molar-refractivity contribution < 1.29 is 4.74 Å². The molecule has 0 saturated heterocycles. The molecule has 0 heterocycles. The van der Waals surface area contributed by atoms with Crippen molar-refractivity contribution in [1.29, 1.82) is 0 Å². The highest BCUT2D eigenvalue weighted by Crippen LogP contribution is 2.15. The molecule has 1 rings (SSSR count). The van der Waals surface area contributed by atoms with Gasteiger partial charge in [0.25, 0.3) is 0 Å². The SMILES string of the molecule is C=[C]c1cc(C)cc(OC)c1. The minimum Gasteiger partial charge on any atom is -0.497 e.